The lowest BCUT2D eigenvalue weighted by Gasteiger charge is -2.33. The van der Waals surface area contributed by atoms with Gasteiger partial charge in [0.25, 0.3) is 0 Å². The number of carbonyl (C=O) groups excluding carboxylic acids is 1. The van der Waals surface area contributed by atoms with Crippen molar-refractivity contribution in [2.45, 2.75) is 63.5 Å². The molecule has 2 N–H and O–H groups in total. The summed E-state index contributed by atoms with van der Waals surface area (Å²) in [6.45, 7) is 1.51. The van der Waals surface area contributed by atoms with Gasteiger partial charge < -0.3 is 20.3 Å². The van der Waals surface area contributed by atoms with E-state index in [0.29, 0.717) is 28.5 Å². The molecular formula is C27H31ClN6O2. The van der Waals surface area contributed by atoms with Crippen LogP contribution in [-0.2, 0) is 4.79 Å². The topological polar surface area (TPSA) is 92.3 Å². The van der Waals surface area contributed by atoms with Crippen LogP contribution in [0, 0.1) is 5.92 Å². The molecule has 2 saturated carbocycles. The third-order valence-corrected chi connectivity index (χ3v) is 7.69. The molecule has 0 radical (unpaired) electrons. The van der Waals surface area contributed by atoms with Crippen molar-refractivity contribution in [1.82, 2.24) is 19.9 Å². The number of ether oxygens (including phenoxy) is 1. The first-order valence-electron chi connectivity index (χ1n) is 13.0. The zero-order valence-corrected chi connectivity index (χ0v) is 21.0. The van der Waals surface area contributed by atoms with Crippen molar-refractivity contribution in [2.75, 3.05) is 23.7 Å². The molecule has 1 aromatic carbocycles. The number of anilines is 3. The largest absolute Gasteiger partial charge is 0.489 e. The van der Waals surface area contributed by atoms with Gasteiger partial charge in [-0.05, 0) is 49.9 Å². The minimum atomic E-state index is 0.0598. The molecule has 36 heavy (non-hydrogen) atoms. The Bertz CT molecular complexity index is 1250. The fourth-order valence-electron chi connectivity index (χ4n) is 5.19. The highest BCUT2D eigenvalue weighted by atomic mass is 35.5. The Hall–Kier alpha value is -3.13. The summed E-state index contributed by atoms with van der Waals surface area (Å²) >= 11 is 6.61. The van der Waals surface area contributed by atoms with Gasteiger partial charge in [-0.2, -0.15) is 0 Å². The van der Waals surface area contributed by atoms with Crippen molar-refractivity contribution >= 4 is 45.7 Å². The van der Waals surface area contributed by atoms with Crippen LogP contribution in [0.1, 0.15) is 51.4 Å². The molecule has 8 nitrogen and oxygen atoms in total. The Balaban J connectivity index is 1.09. The highest BCUT2D eigenvalue weighted by Crippen LogP contribution is 2.33. The van der Waals surface area contributed by atoms with E-state index in [1.165, 1.54) is 32.0 Å². The van der Waals surface area contributed by atoms with Crippen LogP contribution >= 0.6 is 11.6 Å². The van der Waals surface area contributed by atoms with Crippen LogP contribution in [0.25, 0.3) is 10.9 Å². The third-order valence-electron chi connectivity index (χ3n) is 7.40. The minimum Gasteiger partial charge on any atom is -0.489 e. The Labute approximate surface area is 215 Å². The number of halogens is 1. The molecule has 1 amide bonds. The van der Waals surface area contributed by atoms with Gasteiger partial charge in [0.1, 0.15) is 29.8 Å². The number of hydrogen-bond acceptors (Lipinski definition) is 7. The predicted molar refractivity (Wildman–Crippen MR) is 141 cm³/mol. The van der Waals surface area contributed by atoms with Crippen molar-refractivity contribution < 1.29 is 9.53 Å². The van der Waals surface area contributed by atoms with Crippen LogP contribution in [0.15, 0.2) is 36.8 Å². The molecule has 3 aliphatic rings. The molecule has 2 aromatic heterocycles. The summed E-state index contributed by atoms with van der Waals surface area (Å²) in [5.41, 5.74) is 1.59. The quantitative estimate of drug-likeness (QED) is 0.433. The maximum absolute atomic E-state index is 12.7. The van der Waals surface area contributed by atoms with Gasteiger partial charge in [0.2, 0.25) is 5.91 Å². The van der Waals surface area contributed by atoms with E-state index in [0.717, 1.165) is 61.2 Å². The number of hydrogen-bond donors (Lipinski definition) is 2. The number of piperidine rings is 1. The van der Waals surface area contributed by atoms with Crippen LogP contribution < -0.4 is 15.4 Å². The van der Waals surface area contributed by atoms with Gasteiger partial charge in [-0.3, -0.25) is 4.79 Å². The molecule has 1 saturated heterocycles. The van der Waals surface area contributed by atoms with E-state index >= 15 is 0 Å². The summed E-state index contributed by atoms with van der Waals surface area (Å²) in [5.74, 6) is 2.77. The van der Waals surface area contributed by atoms with E-state index in [1.54, 1.807) is 6.20 Å². The Morgan fingerprint density at radius 3 is 2.56 bits per heavy atom. The standard InChI is InChI=1S/C27H31ClN6O2/c28-22-13-19(33-26-21-14-25(32-18-5-6-18)29-15-23(21)30-16-31-26)7-8-24(22)36-20-9-11-34(12-10-20)27(35)17-3-1-2-4-17/h7-8,13-18,20H,1-6,9-12H2,(H,29,32)(H,30,31,33). The van der Waals surface area contributed by atoms with Crippen molar-refractivity contribution in [1.29, 1.82) is 0 Å². The van der Waals surface area contributed by atoms with E-state index in [1.807, 2.05) is 29.2 Å². The lowest BCUT2D eigenvalue weighted by atomic mass is 10.0. The molecule has 0 unspecified atom stereocenters. The van der Waals surface area contributed by atoms with Gasteiger partial charge in [-0.1, -0.05) is 24.4 Å². The van der Waals surface area contributed by atoms with Gasteiger partial charge in [0, 0.05) is 49.0 Å². The van der Waals surface area contributed by atoms with Gasteiger partial charge in [0.05, 0.1) is 16.7 Å². The second-order valence-corrected chi connectivity index (χ2v) is 10.5. The van der Waals surface area contributed by atoms with Crippen LogP contribution in [0.2, 0.25) is 5.02 Å². The van der Waals surface area contributed by atoms with E-state index in [9.17, 15) is 4.79 Å². The first kappa shape index (κ1) is 23.3. The first-order valence-corrected chi connectivity index (χ1v) is 13.4. The number of carbonyl (C=O) groups is 1. The van der Waals surface area contributed by atoms with E-state index in [-0.39, 0.29) is 12.0 Å². The second-order valence-electron chi connectivity index (χ2n) is 10.1. The summed E-state index contributed by atoms with van der Waals surface area (Å²) < 4.78 is 6.23. The number of pyridine rings is 1. The smallest absolute Gasteiger partial charge is 0.225 e. The summed E-state index contributed by atoms with van der Waals surface area (Å²) in [5, 5.41) is 8.23. The van der Waals surface area contributed by atoms with Crippen molar-refractivity contribution in [3.8, 4) is 5.75 Å². The highest BCUT2D eigenvalue weighted by Gasteiger charge is 2.30. The maximum atomic E-state index is 12.7. The van der Waals surface area contributed by atoms with Gasteiger partial charge in [-0.15, -0.1) is 0 Å². The van der Waals surface area contributed by atoms with Crippen molar-refractivity contribution in [2.24, 2.45) is 5.92 Å². The van der Waals surface area contributed by atoms with Gasteiger partial charge in [0.15, 0.2) is 0 Å². The molecule has 6 rings (SSSR count). The molecule has 1 aliphatic heterocycles. The molecule has 188 valence electrons. The van der Waals surface area contributed by atoms with Crippen molar-refractivity contribution in [3.05, 3.63) is 41.8 Å². The number of amides is 1. The number of benzene rings is 1. The highest BCUT2D eigenvalue weighted by molar-refractivity contribution is 6.32. The Morgan fingerprint density at radius 1 is 1.00 bits per heavy atom. The SMILES string of the molecule is O=C(C1CCCC1)N1CCC(Oc2ccc(Nc3ncnc4cnc(NC5CC5)cc34)cc2Cl)CC1. The fraction of sp³-hybridized carbons (Fsp3) is 0.481. The molecule has 0 bridgehead atoms. The minimum absolute atomic E-state index is 0.0598. The molecule has 3 fully saturated rings. The number of nitrogens with zero attached hydrogens (tertiary/aromatic N) is 4. The summed E-state index contributed by atoms with van der Waals surface area (Å²) in [4.78, 5) is 28.0. The summed E-state index contributed by atoms with van der Waals surface area (Å²) in [7, 11) is 0. The number of nitrogens with one attached hydrogen (secondary N) is 2. The zero-order chi connectivity index (χ0) is 24.5. The normalized spacial score (nSPS) is 19.0. The van der Waals surface area contributed by atoms with Gasteiger partial charge in [-0.25, -0.2) is 15.0 Å². The van der Waals surface area contributed by atoms with E-state index in [2.05, 4.69) is 25.6 Å². The van der Waals surface area contributed by atoms with Crippen LogP contribution in [0.3, 0.4) is 0 Å². The number of fused-ring (bicyclic) bond motifs is 1. The van der Waals surface area contributed by atoms with Crippen LogP contribution in [0.5, 0.6) is 5.75 Å². The van der Waals surface area contributed by atoms with Crippen molar-refractivity contribution in [3.63, 3.8) is 0 Å². The molecule has 0 spiro atoms. The third kappa shape index (κ3) is 5.19. The molecule has 2 aliphatic carbocycles. The molecule has 9 heteroatoms. The Morgan fingerprint density at radius 2 is 1.81 bits per heavy atom. The fourth-order valence-corrected chi connectivity index (χ4v) is 5.41. The van der Waals surface area contributed by atoms with Crippen LogP contribution in [0.4, 0.5) is 17.3 Å². The lowest BCUT2D eigenvalue weighted by Crippen LogP contribution is -2.44. The average molecular weight is 507 g/mol. The number of aromatic nitrogens is 3. The second kappa shape index (κ2) is 10.1. The first-order chi connectivity index (χ1) is 17.6. The molecule has 3 heterocycles. The summed E-state index contributed by atoms with van der Waals surface area (Å²) in [6, 6.07) is 8.19. The molecule has 3 aromatic rings. The van der Waals surface area contributed by atoms with E-state index in [4.69, 9.17) is 16.3 Å². The lowest BCUT2D eigenvalue weighted by molar-refractivity contribution is -0.137. The Kier molecular flexibility index (Phi) is 6.52. The van der Waals surface area contributed by atoms with E-state index < -0.39 is 0 Å². The maximum Gasteiger partial charge on any atom is 0.225 e. The zero-order valence-electron chi connectivity index (χ0n) is 20.3. The average Bonchev–Trinajstić information content (AvgIpc) is 3.54. The molecular weight excluding hydrogens is 476 g/mol. The number of rotatable bonds is 7. The monoisotopic (exact) mass is 506 g/mol. The predicted octanol–water partition coefficient (Wildman–Crippen LogP) is 5.56. The molecule has 0 atom stereocenters. The van der Waals surface area contributed by atoms with Crippen LogP contribution in [-0.4, -0.2) is 51.0 Å². The number of likely N-dealkylation sites (tertiary alicyclic amines) is 1. The summed E-state index contributed by atoms with van der Waals surface area (Å²) in [6.07, 6.45) is 11.8. The van der Waals surface area contributed by atoms with Gasteiger partial charge >= 0.3 is 0 Å².